The van der Waals surface area contributed by atoms with Crippen LogP contribution in [0.2, 0.25) is 0 Å². The fourth-order valence-corrected chi connectivity index (χ4v) is 2.51. The molecule has 0 atom stereocenters. The zero-order valence-electron chi connectivity index (χ0n) is 11.2. The first-order valence-corrected chi connectivity index (χ1v) is 6.51. The van der Waals surface area contributed by atoms with E-state index >= 15 is 0 Å². The van der Waals surface area contributed by atoms with Crippen molar-refractivity contribution in [3.63, 3.8) is 0 Å². The Hall–Kier alpha value is -2.32. The number of nitrogens with zero attached hydrogens (tertiary/aromatic N) is 2. The maximum absolute atomic E-state index is 12.0. The van der Waals surface area contributed by atoms with Crippen LogP contribution < -0.4 is 10.5 Å². The third-order valence-corrected chi connectivity index (χ3v) is 3.47. The fourth-order valence-electron chi connectivity index (χ4n) is 2.51. The summed E-state index contributed by atoms with van der Waals surface area (Å²) in [6, 6.07) is 7.65. The average Bonchev–Trinajstić information content (AvgIpc) is 2.46. The van der Waals surface area contributed by atoms with Crippen molar-refractivity contribution in [3.05, 3.63) is 39.7 Å². The number of hydrogen-bond acceptors (Lipinski definition) is 5. The molecule has 0 radical (unpaired) electrons. The molecule has 0 bridgehead atoms. The van der Waals surface area contributed by atoms with Gasteiger partial charge in [-0.05, 0) is 24.6 Å². The summed E-state index contributed by atoms with van der Waals surface area (Å²) in [5.41, 5.74) is 1.70. The van der Waals surface area contributed by atoms with Crippen molar-refractivity contribution in [2.45, 2.75) is 6.92 Å². The molecule has 0 spiro atoms. The largest absolute Gasteiger partial charge is 0.422 e. The van der Waals surface area contributed by atoms with E-state index < -0.39 is 5.63 Å². The molecule has 0 aliphatic carbocycles. The summed E-state index contributed by atoms with van der Waals surface area (Å²) in [7, 11) is 0. The van der Waals surface area contributed by atoms with Crippen LogP contribution in [0.3, 0.4) is 0 Å². The molecule has 0 saturated carbocycles. The van der Waals surface area contributed by atoms with Crippen LogP contribution >= 0.6 is 0 Å². The Balaban J connectivity index is 2.31. The van der Waals surface area contributed by atoms with Gasteiger partial charge in [0.05, 0.1) is 18.9 Å². The van der Waals surface area contributed by atoms with E-state index in [9.17, 15) is 10.1 Å². The first kappa shape index (κ1) is 12.7. The smallest absolute Gasteiger partial charge is 0.356 e. The van der Waals surface area contributed by atoms with Crippen LogP contribution in [0.1, 0.15) is 11.1 Å². The Morgan fingerprint density at radius 2 is 2.05 bits per heavy atom. The van der Waals surface area contributed by atoms with Gasteiger partial charge in [0.25, 0.3) is 0 Å². The lowest BCUT2D eigenvalue weighted by Gasteiger charge is -2.30. The van der Waals surface area contributed by atoms with Gasteiger partial charge in [0.2, 0.25) is 0 Å². The average molecular weight is 270 g/mol. The molecular formula is C15H14N2O3. The summed E-state index contributed by atoms with van der Waals surface area (Å²) in [6.45, 7) is 4.46. The quantitative estimate of drug-likeness (QED) is 0.739. The minimum Gasteiger partial charge on any atom is -0.422 e. The van der Waals surface area contributed by atoms with Crippen LogP contribution in [0.25, 0.3) is 11.0 Å². The highest BCUT2D eigenvalue weighted by atomic mass is 16.5. The maximum atomic E-state index is 12.0. The molecule has 102 valence electrons. The normalized spacial score (nSPS) is 15.3. The van der Waals surface area contributed by atoms with E-state index in [1.807, 2.05) is 36.1 Å². The van der Waals surface area contributed by atoms with Crippen LogP contribution in [0, 0.1) is 18.3 Å². The van der Waals surface area contributed by atoms with Gasteiger partial charge < -0.3 is 14.1 Å². The topological polar surface area (TPSA) is 66.5 Å². The number of anilines is 1. The number of rotatable bonds is 1. The second-order valence-corrected chi connectivity index (χ2v) is 4.82. The molecule has 5 nitrogen and oxygen atoms in total. The number of hydrogen-bond donors (Lipinski definition) is 0. The molecule has 1 aliphatic heterocycles. The van der Waals surface area contributed by atoms with E-state index in [0.29, 0.717) is 37.6 Å². The predicted molar refractivity (Wildman–Crippen MR) is 75.0 cm³/mol. The van der Waals surface area contributed by atoms with E-state index in [4.69, 9.17) is 9.15 Å². The van der Waals surface area contributed by atoms with Gasteiger partial charge in [0, 0.05) is 18.5 Å². The maximum Gasteiger partial charge on any atom is 0.356 e. The van der Waals surface area contributed by atoms with E-state index in [1.165, 1.54) is 0 Å². The van der Waals surface area contributed by atoms with Gasteiger partial charge in [-0.25, -0.2) is 4.79 Å². The molecule has 1 aromatic carbocycles. The van der Waals surface area contributed by atoms with Gasteiger partial charge >= 0.3 is 5.63 Å². The number of benzene rings is 1. The lowest BCUT2D eigenvalue weighted by atomic mass is 10.1. The van der Waals surface area contributed by atoms with E-state index in [1.54, 1.807) is 0 Å². The summed E-state index contributed by atoms with van der Waals surface area (Å²) in [5.74, 6) is 0. The molecular weight excluding hydrogens is 256 g/mol. The highest BCUT2D eigenvalue weighted by molar-refractivity contribution is 5.93. The third-order valence-electron chi connectivity index (χ3n) is 3.47. The van der Waals surface area contributed by atoms with Gasteiger partial charge in [0.1, 0.15) is 11.7 Å². The second-order valence-electron chi connectivity index (χ2n) is 4.82. The third kappa shape index (κ3) is 2.04. The molecule has 2 aromatic rings. The summed E-state index contributed by atoms with van der Waals surface area (Å²) in [6.07, 6.45) is 0. The predicted octanol–water partition coefficient (Wildman–Crippen LogP) is 1.81. The molecule has 20 heavy (non-hydrogen) atoms. The van der Waals surface area contributed by atoms with Crippen LogP contribution in [0.15, 0.2) is 27.4 Å². The minimum atomic E-state index is -0.577. The lowest BCUT2D eigenvalue weighted by Crippen LogP contribution is -2.37. The van der Waals surface area contributed by atoms with Crippen molar-refractivity contribution in [1.29, 1.82) is 5.26 Å². The number of aryl methyl sites for hydroxylation is 1. The zero-order valence-corrected chi connectivity index (χ0v) is 11.2. The zero-order chi connectivity index (χ0) is 14.1. The van der Waals surface area contributed by atoms with Gasteiger partial charge in [-0.1, -0.05) is 6.07 Å². The minimum absolute atomic E-state index is 0.0725. The molecule has 1 saturated heterocycles. The second kappa shape index (κ2) is 4.99. The van der Waals surface area contributed by atoms with Crippen LogP contribution in [-0.4, -0.2) is 26.3 Å². The van der Waals surface area contributed by atoms with Crippen molar-refractivity contribution in [1.82, 2.24) is 0 Å². The standard InChI is InChI=1S/C15H14N2O3/c1-10-2-3-11-13(8-10)20-15(18)12(9-16)14(11)17-4-6-19-7-5-17/h2-3,8H,4-7H2,1H3. The number of ether oxygens (including phenoxy) is 1. The summed E-state index contributed by atoms with van der Waals surface area (Å²) < 4.78 is 10.6. The molecule has 1 aromatic heterocycles. The Labute approximate surface area is 116 Å². The van der Waals surface area contributed by atoms with E-state index in [2.05, 4.69) is 0 Å². The Morgan fingerprint density at radius 3 is 2.75 bits per heavy atom. The fraction of sp³-hybridized carbons (Fsp3) is 0.333. The van der Waals surface area contributed by atoms with Crippen LogP contribution in [-0.2, 0) is 4.74 Å². The van der Waals surface area contributed by atoms with Crippen molar-refractivity contribution >= 4 is 16.7 Å². The van der Waals surface area contributed by atoms with Crippen LogP contribution in [0.5, 0.6) is 0 Å². The van der Waals surface area contributed by atoms with Crippen molar-refractivity contribution < 1.29 is 9.15 Å². The SMILES string of the molecule is Cc1ccc2c(N3CCOCC3)c(C#N)c(=O)oc2c1. The Kier molecular flexibility index (Phi) is 3.17. The van der Waals surface area contributed by atoms with Crippen molar-refractivity contribution in [2.75, 3.05) is 31.2 Å². The van der Waals surface area contributed by atoms with Gasteiger partial charge in [-0.2, -0.15) is 5.26 Å². The molecule has 1 aliphatic rings. The molecule has 1 fully saturated rings. The van der Waals surface area contributed by atoms with Gasteiger partial charge in [-0.3, -0.25) is 0 Å². The van der Waals surface area contributed by atoms with E-state index in [-0.39, 0.29) is 5.56 Å². The van der Waals surface area contributed by atoms with Crippen molar-refractivity contribution in [2.24, 2.45) is 0 Å². The van der Waals surface area contributed by atoms with Crippen LogP contribution in [0.4, 0.5) is 5.69 Å². The first-order valence-electron chi connectivity index (χ1n) is 6.51. The summed E-state index contributed by atoms with van der Waals surface area (Å²) >= 11 is 0. The molecule has 0 unspecified atom stereocenters. The van der Waals surface area contributed by atoms with Gasteiger partial charge in [0.15, 0.2) is 5.56 Å². The molecule has 5 heteroatoms. The first-order chi connectivity index (χ1) is 9.70. The highest BCUT2D eigenvalue weighted by Gasteiger charge is 2.21. The Morgan fingerprint density at radius 1 is 1.30 bits per heavy atom. The number of nitriles is 1. The Bertz CT molecular complexity index is 752. The number of fused-ring (bicyclic) bond motifs is 1. The summed E-state index contributed by atoms with van der Waals surface area (Å²) in [4.78, 5) is 14.0. The molecule has 0 amide bonds. The molecule has 3 rings (SSSR count). The summed E-state index contributed by atoms with van der Waals surface area (Å²) in [5, 5.41) is 10.1. The lowest BCUT2D eigenvalue weighted by molar-refractivity contribution is 0.123. The van der Waals surface area contributed by atoms with E-state index in [0.717, 1.165) is 10.9 Å². The number of morpholine rings is 1. The molecule has 2 heterocycles. The highest BCUT2D eigenvalue weighted by Crippen LogP contribution is 2.29. The molecule has 0 N–H and O–H groups in total. The monoisotopic (exact) mass is 270 g/mol. The van der Waals surface area contributed by atoms with Gasteiger partial charge in [-0.15, -0.1) is 0 Å². The van der Waals surface area contributed by atoms with Crippen molar-refractivity contribution in [3.8, 4) is 6.07 Å².